The summed E-state index contributed by atoms with van der Waals surface area (Å²) in [7, 11) is 1.56. The summed E-state index contributed by atoms with van der Waals surface area (Å²) in [5, 5.41) is 13.5. The highest BCUT2D eigenvalue weighted by Gasteiger charge is 2.48. The number of aliphatic hydroxyl groups excluding tert-OH is 1. The van der Waals surface area contributed by atoms with Crippen molar-refractivity contribution >= 4 is 0 Å². The monoisotopic (exact) mass is 563 g/mol. The number of methoxy groups -OCH3 is 1. The fourth-order valence-corrected chi connectivity index (χ4v) is 4.57. The van der Waals surface area contributed by atoms with Crippen LogP contribution in [0, 0.1) is 0 Å². The Morgan fingerprint density at radius 2 is 1.27 bits per heavy atom. The van der Waals surface area contributed by atoms with Crippen LogP contribution in [0.25, 0.3) is 10.4 Å². The minimum atomic E-state index is -0.941. The Balaban J connectivity index is 1.56. The average molecular weight is 564 g/mol. The Bertz CT molecular complexity index is 1180. The third-order valence-electron chi connectivity index (χ3n) is 6.63. The van der Waals surface area contributed by atoms with E-state index in [1.54, 1.807) is 7.11 Å². The smallest absolute Gasteiger partial charge is 0.186 e. The second kappa shape index (κ2) is 16.8. The van der Waals surface area contributed by atoms with E-state index in [1.807, 2.05) is 91.0 Å². The van der Waals surface area contributed by atoms with Gasteiger partial charge in [-0.2, -0.15) is 0 Å². The van der Waals surface area contributed by atoms with Crippen molar-refractivity contribution in [1.29, 1.82) is 0 Å². The van der Waals surface area contributed by atoms with Crippen LogP contribution in [0.15, 0.2) is 96.1 Å². The molecule has 1 N–H and O–H groups in total. The quantitative estimate of drug-likeness (QED) is 0.151. The lowest BCUT2D eigenvalue weighted by atomic mass is 9.97. The first-order valence-electron chi connectivity index (χ1n) is 13.6. The summed E-state index contributed by atoms with van der Waals surface area (Å²) in [6.07, 6.45) is -4.10. The molecule has 10 heteroatoms. The van der Waals surface area contributed by atoms with E-state index in [9.17, 15) is 5.11 Å². The Hall–Kier alpha value is -3.31. The minimum Gasteiger partial charge on any atom is -0.391 e. The third kappa shape index (κ3) is 9.64. The van der Waals surface area contributed by atoms with Gasteiger partial charge in [0.15, 0.2) is 6.29 Å². The molecule has 3 aromatic rings. The van der Waals surface area contributed by atoms with Crippen LogP contribution in [-0.2, 0) is 48.2 Å². The van der Waals surface area contributed by atoms with E-state index < -0.39 is 36.8 Å². The normalized spacial score (nSPS) is 23.0. The first-order valence-corrected chi connectivity index (χ1v) is 13.6. The number of azide groups is 1. The van der Waals surface area contributed by atoms with Gasteiger partial charge in [0, 0.05) is 12.0 Å². The molecule has 0 radical (unpaired) electrons. The van der Waals surface area contributed by atoms with Crippen molar-refractivity contribution in [1.82, 2.24) is 0 Å². The van der Waals surface area contributed by atoms with Gasteiger partial charge in [0.25, 0.3) is 0 Å². The molecular formula is C31H37N3O7. The summed E-state index contributed by atoms with van der Waals surface area (Å²) in [5.41, 5.74) is 11.5. The summed E-state index contributed by atoms with van der Waals surface area (Å²) in [5.74, 6) is 0. The molecule has 6 atom stereocenters. The fourth-order valence-electron chi connectivity index (χ4n) is 4.57. The molecule has 0 amide bonds. The second-order valence-corrected chi connectivity index (χ2v) is 9.67. The number of rotatable bonds is 16. The van der Waals surface area contributed by atoms with Crippen molar-refractivity contribution in [3.63, 3.8) is 0 Å². The van der Waals surface area contributed by atoms with E-state index in [1.165, 1.54) is 0 Å². The lowest BCUT2D eigenvalue weighted by Crippen LogP contribution is -2.61. The largest absolute Gasteiger partial charge is 0.391 e. The molecule has 1 saturated heterocycles. The van der Waals surface area contributed by atoms with Crippen molar-refractivity contribution in [2.24, 2.45) is 5.11 Å². The lowest BCUT2D eigenvalue weighted by Gasteiger charge is -2.45. The third-order valence-corrected chi connectivity index (χ3v) is 6.63. The van der Waals surface area contributed by atoms with Crippen molar-refractivity contribution < 1.29 is 33.5 Å². The Kier molecular flexibility index (Phi) is 12.6. The number of benzene rings is 3. The van der Waals surface area contributed by atoms with Crippen LogP contribution in [0.1, 0.15) is 16.7 Å². The summed E-state index contributed by atoms with van der Waals surface area (Å²) in [6.45, 7) is 0.942. The molecule has 0 spiro atoms. The van der Waals surface area contributed by atoms with E-state index in [2.05, 4.69) is 10.0 Å². The van der Waals surface area contributed by atoms with E-state index >= 15 is 0 Å². The molecule has 4 rings (SSSR count). The Labute approximate surface area is 240 Å². The van der Waals surface area contributed by atoms with Gasteiger partial charge in [0.05, 0.1) is 45.7 Å². The SMILES string of the molecule is COC1OC(COCC(O)CN=[N+]=[N-])C(OCc2ccccc2)C(OCc2ccccc2)C1OCc1ccccc1. The summed E-state index contributed by atoms with van der Waals surface area (Å²) in [6, 6.07) is 29.6. The van der Waals surface area contributed by atoms with Crippen LogP contribution in [0.5, 0.6) is 0 Å². The molecule has 1 heterocycles. The van der Waals surface area contributed by atoms with E-state index in [4.69, 9.17) is 34.0 Å². The Morgan fingerprint density at radius 3 is 1.76 bits per heavy atom. The van der Waals surface area contributed by atoms with Gasteiger partial charge in [-0.3, -0.25) is 0 Å². The van der Waals surface area contributed by atoms with Gasteiger partial charge in [-0.1, -0.05) is 96.1 Å². The lowest BCUT2D eigenvalue weighted by molar-refractivity contribution is -0.323. The second-order valence-electron chi connectivity index (χ2n) is 9.67. The average Bonchev–Trinajstić information content (AvgIpc) is 3.02. The molecule has 0 saturated carbocycles. The maximum Gasteiger partial charge on any atom is 0.186 e. The van der Waals surface area contributed by atoms with Gasteiger partial charge < -0.3 is 33.5 Å². The molecule has 3 aromatic carbocycles. The van der Waals surface area contributed by atoms with Crippen LogP contribution in [0.4, 0.5) is 0 Å². The summed E-state index contributed by atoms with van der Waals surface area (Å²) in [4.78, 5) is 2.68. The van der Waals surface area contributed by atoms with Crippen molar-refractivity contribution in [2.45, 2.75) is 56.6 Å². The number of hydrogen-bond acceptors (Lipinski definition) is 8. The molecule has 1 aliphatic heterocycles. The van der Waals surface area contributed by atoms with Crippen LogP contribution < -0.4 is 0 Å². The topological polar surface area (TPSA) is 124 Å². The van der Waals surface area contributed by atoms with Gasteiger partial charge >= 0.3 is 0 Å². The maximum atomic E-state index is 10.1. The van der Waals surface area contributed by atoms with Crippen LogP contribution in [0.3, 0.4) is 0 Å². The minimum absolute atomic E-state index is 0.0363. The highest BCUT2D eigenvalue weighted by atomic mass is 16.7. The number of ether oxygens (including phenoxy) is 6. The van der Waals surface area contributed by atoms with Gasteiger partial charge in [0.2, 0.25) is 0 Å². The van der Waals surface area contributed by atoms with Crippen LogP contribution in [-0.4, -0.2) is 68.8 Å². The van der Waals surface area contributed by atoms with Gasteiger partial charge in [-0.15, -0.1) is 0 Å². The zero-order chi connectivity index (χ0) is 28.7. The van der Waals surface area contributed by atoms with Crippen molar-refractivity contribution in [3.05, 3.63) is 118 Å². The molecule has 0 aromatic heterocycles. The molecule has 41 heavy (non-hydrogen) atoms. The molecule has 10 nitrogen and oxygen atoms in total. The molecule has 1 fully saturated rings. The van der Waals surface area contributed by atoms with E-state index in [-0.39, 0.29) is 19.8 Å². The first-order chi connectivity index (χ1) is 20.2. The van der Waals surface area contributed by atoms with Gasteiger partial charge in [0.1, 0.15) is 24.4 Å². The maximum absolute atomic E-state index is 10.1. The zero-order valence-corrected chi connectivity index (χ0v) is 23.1. The van der Waals surface area contributed by atoms with Gasteiger partial charge in [-0.25, -0.2) is 0 Å². The molecular weight excluding hydrogens is 526 g/mol. The molecule has 218 valence electrons. The molecule has 0 aliphatic carbocycles. The number of nitrogens with zero attached hydrogens (tertiary/aromatic N) is 3. The van der Waals surface area contributed by atoms with Crippen LogP contribution >= 0.6 is 0 Å². The summed E-state index contributed by atoms with van der Waals surface area (Å²) >= 11 is 0. The molecule has 6 unspecified atom stereocenters. The predicted molar refractivity (Wildman–Crippen MR) is 152 cm³/mol. The first kappa shape index (κ1) is 30.6. The highest BCUT2D eigenvalue weighted by molar-refractivity contribution is 5.15. The highest BCUT2D eigenvalue weighted by Crippen LogP contribution is 2.31. The standard InChI is InChI=1S/C31H37N3O7/c1-36-31-30(40-20-25-15-9-4-10-16-25)29(39-19-24-13-7-3-8-14-24)28(38-18-23-11-5-2-6-12-23)27(41-31)22-37-21-26(35)17-33-34-32/h2-16,26-31,35H,17-22H2,1H3. The van der Waals surface area contributed by atoms with Crippen LogP contribution in [0.2, 0.25) is 0 Å². The summed E-state index contributed by atoms with van der Waals surface area (Å²) < 4.78 is 37.3. The van der Waals surface area contributed by atoms with Crippen molar-refractivity contribution in [3.8, 4) is 0 Å². The molecule has 0 bridgehead atoms. The fraction of sp³-hybridized carbons (Fsp3) is 0.419. The predicted octanol–water partition coefficient (Wildman–Crippen LogP) is 4.80. The Morgan fingerprint density at radius 1 is 0.780 bits per heavy atom. The molecule has 1 aliphatic rings. The number of aliphatic hydroxyl groups is 1. The number of hydrogen-bond donors (Lipinski definition) is 1. The van der Waals surface area contributed by atoms with Gasteiger partial charge in [-0.05, 0) is 22.2 Å². The van der Waals surface area contributed by atoms with Crippen molar-refractivity contribution in [2.75, 3.05) is 26.9 Å². The zero-order valence-electron chi connectivity index (χ0n) is 23.1. The van der Waals surface area contributed by atoms with E-state index in [0.29, 0.717) is 19.8 Å². The van der Waals surface area contributed by atoms with E-state index in [0.717, 1.165) is 16.7 Å².